The van der Waals surface area contributed by atoms with Crippen molar-refractivity contribution in [2.24, 2.45) is 9.63 Å². The average molecular weight is 170 g/mol. The molecule has 0 atom stereocenters. The normalized spacial score (nSPS) is 27.2. The van der Waals surface area contributed by atoms with E-state index in [0.29, 0.717) is 0 Å². The summed E-state index contributed by atoms with van der Waals surface area (Å²) in [7, 11) is 2.90. The lowest BCUT2D eigenvalue weighted by Crippen LogP contribution is -1.52. The fraction of sp³-hybridized carbons (Fsp3) is 0. The van der Waals surface area contributed by atoms with Gasteiger partial charge in [-0.15, -0.1) is 4.52 Å². The summed E-state index contributed by atoms with van der Waals surface area (Å²) in [5, 5.41) is 5.69. The van der Waals surface area contributed by atoms with Crippen LogP contribution in [0, 0.1) is 0 Å². The van der Waals surface area contributed by atoms with Crippen molar-refractivity contribution in [1.82, 2.24) is 0 Å². The zero-order chi connectivity index (χ0) is 7.07. The molecule has 0 N–H and O–H groups in total. The third kappa shape index (κ3) is 3.53. The smallest absolute Gasteiger partial charge is 0.0721 e. The monoisotopic (exact) mass is 170 g/mol. The SMILES string of the molecule is C1=C\SSN=N/C=C/C=C/1. The topological polar surface area (TPSA) is 24.7 Å². The summed E-state index contributed by atoms with van der Waals surface area (Å²) >= 11 is 0. The zero-order valence-electron chi connectivity index (χ0n) is 5.18. The molecule has 0 unspecified atom stereocenters. The van der Waals surface area contributed by atoms with E-state index in [4.69, 9.17) is 0 Å². The second-order valence-corrected chi connectivity index (χ2v) is 3.22. The Balaban J connectivity index is 2.53. The third-order valence-corrected chi connectivity index (χ3v) is 2.05. The molecule has 0 aliphatic carbocycles. The van der Waals surface area contributed by atoms with Gasteiger partial charge in [-0.25, -0.2) is 0 Å². The molecule has 0 bridgehead atoms. The van der Waals surface area contributed by atoms with Crippen LogP contribution >= 0.6 is 21.8 Å². The van der Waals surface area contributed by atoms with Gasteiger partial charge in [-0.2, -0.15) is 5.11 Å². The highest BCUT2D eigenvalue weighted by atomic mass is 33.1. The Labute approximate surface area is 67.7 Å². The lowest BCUT2D eigenvalue weighted by molar-refractivity contribution is 1.35. The van der Waals surface area contributed by atoms with Crippen molar-refractivity contribution in [2.75, 3.05) is 0 Å². The van der Waals surface area contributed by atoms with E-state index in [2.05, 4.69) is 9.63 Å². The van der Waals surface area contributed by atoms with Crippen LogP contribution in [0.15, 0.2) is 45.5 Å². The van der Waals surface area contributed by atoms with Gasteiger partial charge < -0.3 is 0 Å². The Bertz CT molecular complexity index is 172. The lowest BCUT2D eigenvalue weighted by Gasteiger charge is -1.82. The second-order valence-electron chi connectivity index (χ2n) is 1.42. The maximum absolute atomic E-state index is 3.77. The maximum atomic E-state index is 3.77. The minimum atomic E-state index is 1.35. The molecule has 1 rings (SSSR count). The minimum Gasteiger partial charge on any atom is -0.151 e. The summed E-state index contributed by atoms with van der Waals surface area (Å²) in [6, 6.07) is 0. The van der Waals surface area contributed by atoms with Gasteiger partial charge in [-0.05, 0) is 22.3 Å². The van der Waals surface area contributed by atoms with Crippen LogP contribution in [-0.4, -0.2) is 0 Å². The summed E-state index contributed by atoms with van der Waals surface area (Å²) in [6.45, 7) is 0. The summed E-state index contributed by atoms with van der Waals surface area (Å²) in [5.41, 5.74) is 0. The van der Waals surface area contributed by atoms with Gasteiger partial charge in [0.15, 0.2) is 0 Å². The average Bonchev–Trinajstić information content (AvgIpc) is 2.01. The van der Waals surface area contributed by atoms with Gasteiger partial charge in [0.05, 0.1) is 17.2 Å². The summed E-state index contributed by atoms with van der Waals surface area (Å²) < 4.78 is 3.77. The quantitative estimate of drug-likeness (QED) is 0.411. The Morgan fingerprint density at radius 3 is 2.90 bits per heavy atom. The fourth-order valence-electron chi connectivity index (χ4n) is 0.384. The molecular weight excluding hydrogens is 164 g/mol. The standard InChI is InChI=1S/C6H6N2S2/c1-2-4-6-9-10-8-7-5-3-1/h1-6H/b2-1+,5-3+,6-4-,8-7?. The van der Waals surface area contributed by atoms with Crippen LogP contribution in [0.2, 0.25) is 0 Å². The molecule has 0 fully saturated rings. The first-order valence-electron chi connectivity index (χ1n) is 2.71. The van der Waals surface area contributed by atoms with Crippen LogP contribution in [0.4, 0.5) is 0 Å². The molecule has 1 aliphatic rings. The zero-order valence-corrected chi connectivity index (χ0v) is 6.81. The predicted octanol–water partition coefficient (Wildman–Crippen LogP) is 3.33. The van der Waals surface area contributed by atoms with Crippen LogP contribution in [-0.2, 0) is 0 Å². The molecule has 0 saturated heterocycles. The van der Waals surface area contributed by atoms with Gasteiger partial charge in [0, 0.05) is 0 Å². The van der Waals surface area contributed by atoms with Crippen molar-refractivity contribution in [3.63, 3.8) is 0 Å². The molecule has 4 heteroatoms. The first-order chi connectivity index (χ1) is 5.00. The highest BCUT2D eigenvalue weighted by Crippen LogP contribution is 2.23. The van der Waals surface area contributed by atoms with Gasteiger partial charge in [0.1, 0.15) is 0 Å². The van der Waals surface area contributed by atoms with E-state index < -0.39 is 0 Å². The summed E-state index contributed by atoms with van der Waals surface area (Å²) in [4.78, 5) is 0. The molecule has 0 aromatic carbocycles. The second kappa shape index (κ2) is 5.32. The van der Waals surface area contributed by atoms with Gasteiger partial charge in [-0.1, -0.05) is 18.2 Å². The minimum absolute atomic E-state index is 1.35. The molecule has 0 aromatic heterocycles. The van der Waals surface area contributed by atoms with E-state index in [1.165, 1.54) is 11.0 Å². The van der Waals surface area contributed by atoms with Crippen molar-refractivity contribution in [3.8, 4) is 0 Å². The first-order valence-corrected chi connectivity index (χ1v) is 4.88. The van der Waals surface area contributed by atoms with E-state index in [-0.39, 0.29) is 0 Å². The highest BCUT2D eigenvalue weighted by Gasteiger charge is 1.77. The molecule has 10 heavy (non-hydrogen) atoms. The van der Waals surface area contributed by atoms with Crippen LogP contribution < -0.4 is 0 Å². The van der Waals surface area contributed by atoms with Crippen LogP contribution in [0.1, 0.15) is 0 Å². The van der Waals surface area contributed by atoms with Gasteiger partial charge in [0.2, 0.25) is 0 Å². The van der Waals surface area contributed by atoms with E-state index in [1.807, 2.05) is 29.7 Å². The number of nitrogens with zero attached hydrogens (tertiary/aromatic N) is 2. The molecule has 0 aromatic rings. The number of hydrogen-bond donors (Lipinski definition) is 0. The Morgan fingerprint density at radius 2 is 1.90 bits per heavy atom. The molecule has 0 spiro atoms. The molecule has 2 nitrogen and oxygen atoms in total. The van der Waals surface area contributed by atoms with Gasteiger partial charge >= 0.3 is 0 Å². The van der Waals surface area contributed by atoms with E-state index in [1.54, 1.807) is 17.0 Å². The molecule has 0 saturated carbocycles. The maximum Gasteiger partial charge on any atom is 0.0721 e. The van der Waals surface area contributed by atoms with E-state index in [9.17, 15) is 0 Å². The van der Waals surface area contributed by atoms with E-state index >= 15 is 0 Å². The van der Waals surface area contributed by atoms with Crippen molar-refractivity contribution in [1.29, 1.82) is 0 Å². The van der Waals surface area contributed by atoms with Crippen LogP contribution in [0.3, 0.4) is 0 Å². The largest absolute Gasteiger partial charge is 0.151 e. The Hall–Kier alpha value is -0.480. The fourth-order valence-corrected chi connectivity index (χ4v) is 1.29. The highest BCUT2D eigenvalue weighted by molar-refractivity contribution is 8.77. The summed E-state index contributed by atoms with van der Waals surface area (Å²) in [5.74, 6) is 0. The number of rotatable bonds is 0. The van der Waals surface area contributed by atoms with Crippen molar-refractivity contribution in [3.05, 3.63) is 35.9 Å². The van der Waals surface area contributed by atoms with E-state index in [0.717, 1.165) is 0 Å². The van der Waals surface area contributed by atoms with Crippen LogP contribution in [0.5, 0.6) is 0 Å². The van der Waals surface area contributed by atoms with Gasteiger partial charge in [0.25, 0.3) is 0 Å². The van der Waals surface area contributed by atoms with Crippen LogP contribution in [0.25, 0.3) is 0 Å². The molecular formula is C6H6N2S2. The number of allylic oxidation sites excluding steroid dienone is 4. The molecule has 0 amide bonds. The first kappa shape index (κ1) is 7.63. The predicted molar refractivity (Wildman–Crippen MR) is 47.5 cm³/mol. The molecule has 1 heterocycles. The molecule has 1 aliphatic heterocycles. The van der Waals surface area contributed by atoms with Crippen molar-refractivity contribution >= 4 is 21.8 Å². The van der Waals surface area contributed by atoms with Crippen molar-refractivity contribution in [2.45, 2.75) is 0 Å². The Kier molecular flexibility index (Phi) is 4.05. The van der Waals surface area contributed by atoms with Gasteiger partial charge in [-0.3, -0.25) is 0 Å². The summed E-state index contributed by atoms with van der Waals surface area (Å²) in [6.07, 6.45) is 9.31. The molecule has 0 radical (unpaired) electrons. The lowest BCUT2D eigenvalue weighted by atomic mass is 10.5. The number of hydrogen-bond acceptors (Lipinski definition) is 4. The third-order valence-electron chi connectivity index (χ3n) is 0.744. The molecule has 52 valence electrons. The van der Waals surface area contributed by atoms with Crippen molar-refractivity contribution < 1.29 is 0 Å². The Morgan fingerprint density at radius 1 is 1.00 bits per heavy atom.